The molecule has 1 rings (SSSR count). The van der Waals surface area contributed by atoms with Crippen LogP contribution in [-0.4, -0.2) is 47.4 Å². The van der Waals surface area contributed by atoms with E-state index in [4.69, 9.17) is 14.6 Å². The predicted molar refractivity (Wildman–Crippen MR) is 102 cm³/mol. The minimum Gasteiger partial charge on any atom is -0.480 e. The summed E-state index contributed by atoms with van der Waals surface area (Å²) >= 11 is 0. The lowest BCUT2D eigenvalue weighted by Gasteiger charge is -2.28. The summed E-state index contributed by atoms with van der Waals surface area (Å²) in [4.78, 5) is 36.6. The van der Waals surface area contributed by atoms with E-state index in [0.717, 1.165) is 0 Å². The molecule has 0 spiro atoms. The van der Waals surface area contributed by atoms with Gasteiger partial charge >= 0.3 is 18.0 Å². The van der Waals surface area contributed by atoms with E-state index in [1.54, 1.807) is 65.8 Å². The van der Waals surface area contributed by atoms with Crippen LogP contribution in [0.15, 0.2) is 24.3 Å². The number of aliphatic carboxylic acids is 1. The molecule has 8 heteroatoms. The number of amides is 1. The number of ether oxygens (including phenoxy) is 2. The smallest absolute Gasteiger partial charge is 0.415 e. The second-order valence-corrected chi connectivity index (χ2v) is 7.95. The highest BCUT2D eigenvalue weighted by molar-refractivity contribution is 5.93. The lowest BCUT2D eigenvalue weighted by atomic mass is 10.2. The first-order chi connectivity index (χ1) is 12.3. The molecule has 8 nitrogen and oxygen atoms in total. The Hall–Kier alpha value is -2.77. The summed E-state index contributed by atoms with van der Waals surface area (Å²) in [7, 11) is 0. The number of nitrogens with zero attached hydrogens (tertiary/aromatic N) is 1. The van der Waals surface area contributed by atoms with Crippen LogP contribution in [0.1, 0.15) is 41.5 Å². The van der Waals surface area contributed by atoms with Gasteiger partial charge in [0.15, 0.2) is 0 Å². The number of hydrogen-bond donors (Lipinski definition) is 2. The monoisotopic (exact) mass is 380 g/mol. The Morgan fingerprint density at radius 2 is 1.48 bits per heavy atom. The van der Waals surface area contributed by atoms with E-state index in [-0.39, 0.29) is 13.1 Å². The third-order valence-corrected chi connectivity index (χ3v) is 2.94. The molecule has 150 valence electrons. The lowest BCUT2D eigenvalue weighted by molar-refractivity contribution is -0.153. The quantitative estimate of drug-likeness (QED) is 0.730. The first kappa shape index (κ1) is 22.3. The van der Waals surface area contributed by atoms with Crippen LogP contribution in [0.4, 0.5) is 16.2 Å². The van der Waals surface area contributed by atoms with E-state index >= 15 is 0 Å². The van der Waals surface area contributed by atoms with Crippen molar-refractivity contribution in [2.45, 2.75) is 52.7 Å². The van der Waals surface area contributed by atoms with Gasteiger partial charge in [-0.05, 0) is 65.8 Å². The van der Waals surface area contributed by atoms with Crippen molar-refractivity contribution in [1.82, 2.24) is 0 Å². The molecule has 0 saturated carbocycles. The Morgan fingerprint density at radius 3 is 1.93 bits per heavy atom. The zero-order chi connectivity index (χ0) is 20.8. The minimum absolute atomic E-state index is 0.229. The van der Waals surface area contributed by atoms with E-state index in [1.807, 2.05) is 0 Å². The number of carbonyl (C=O) groups is 3. The number of rotatable bonds is 6. The second kappa shape index (κ2) is 8.75. The number of esters is 1. The molecule has 0 fully saturated rings. The number of carbonyl (C=O) groups excluding carboxylic acids is 2. The molecule has 1 aromatic rings. The Kier molecular flexibility index (Phi) is 7.21. The Labute approximate surface area is 159 Å². The van der Waals surface area contributed by atoms with Gasteiger partial charge in [0.25, 0.3) is 0 Å². The molecular weight excluding hydrogens is 352 g/mol. The molecule has 0 unspecified atom stereocenters. The fraction of sp³-hybridized carbons (Fsp3) is 0.526. The van der Waals surface area contributed by atoms with Crippen molar-refractivity contribution in [2.75, 3.05) is 23.3 Å². The molecule has 0 saturated heterocycles. The highest BCUT2D eigenvalue weighted by Gasteiger charge is 2.27. The van der Waals surface area contributed by atoms with Crippen molar-refractivity contribution in [2.24, 2.45) is 0 Å². The number of carboxylic acid groups (broad SMARTS) is 1. The van der Waals surface area contributed by atoms with E-state index in [2.05, 4.69) is 5.32 Å². The zero-order valence-electron chi connectivity index (χ0n) is 16.7. The molecule has 0 aromatic heterocycles. The van der Waals surface area contributed by atoms with Gasteiger partial charge in [-0.25, -0.2) is 4.79 Å². The van der Waals surface area contributed by atoms with E-state index in [9.17, 15) is 14.4 Å². The van der Waals surface area contributed by atoms with Crippen molar-refractivity contribution in [3.05, 3.63) is 24.3 Å². The van der Waals surface area contributed by atoms with Crippen LogP contribution in [0.5, 0.6) is 0 Å². The number of carboxylic acids is 1. The minimum atomic E-state index is -0.987. The Morgan fingerprint density at radius 1 is 0.963 bits per heavy atom. The van der Waals surface area contributed by atoms with Gasteiger partial charge in [0, 0.05) is 11.4 Å². The second-order valence-electron chi connectivity index (χ2n) is 7.95. The van der Waals surface area contributed by atoms with E-state index in [1.165, 1.54) is 4.90 Å². The summed E-state index contributed by atoms with van der Waals surface area (Å²) in [6, 6.07) is 6.42. The maximum absolute atomic E-state index is 12.6. The molecule has 2 N–H and O–H groups in total. The summed E-state index contributed by atoms with van der Waals surface area (Å²) in [6.45, 7) is 9.88. The largest absolute Gasteiger partial charge is 0.480 e. The lowest BCUT2D eigenvalue weighted by Crippen LogP contribution is -2.41. The topological polar surface area (TPSA) is 105 Å². The maximum Gasteiger partial charge on any atom is 0.415 e. The average molecular weight is 380 g/mol. The Balaban J connectivity index is 3.00. The molecule has 0 bridgehead atoms. The summed E-state index contributed by atoms with van der Waals surface area (Å²) in [5.41, 5.74) is -0.411. The third kappa shape index (κ3) is 8.94. The number of nitrogens with one attached hydrogen (secondary N) is 1. The van der Waals surface area contributed by atoms with Crippen LogP contribution < -0.4 is 10.2 Å². The molecule has 0 heterocycles. The highest BCUT2D eigenvalue weighted by atomic mass is 16.6. The standard InChI is InChI=1S/C19H28N2O6/c1-18(2,3)26-16(24)12-21(17(25)27-19(4,5)6)14-9-7-13(8-10-14)20-11-15(22)23/h7-10,20H,11-12H2,1-6H3,(H,22,23). The molecule has 0 aliphatic carbocycles. The molecule has 0 atom stereocenters. The van der Waals surface area contributed by atoms with Crippen LogP contribution in [0.3, 0.4) is 0 Å². The van der Waals surface area contributed by atoms with Crippen molar-refractivity contribution in [1.29, 1.82) is 0 Å². The van der Waals surface area contributed by atoms with Crippen LogP contribution >= 0.6 is 0 Å². The first-order valence-electron chi connectivity index (χ1n) is 8.55. The van der Waals surface area contributed by atoms with Crippen molar-refractivity contribution in [3.63, 3.8) is 0 Å². The fourth-order valence-corrected chi connectivity index (χ4v) is 2.02. The average Bonchev–Trinajstić information content (AvgIpc) is 2.47. The SMILES string of the molecule is CC(C)(C)OC(=O)CN(C(=O)OC(C)(C)C)c1ccc(NCC(=O)O)cc1. The van der Waals surface area contributed by atoms with Crippen LogP contribution in [0.25, 0.3) is 0 Å². The van der Waals surface area contributed by atoms with Crippen molar-refractivity contribution < 1.29 is 29.0 Å². The van der Waals surface area contributed by atoms with Gasteiger partial charge in [0.05, 0.1) is 0 Å². The molecule has 1 aromatic carbocycles. The molecule has 1 amide bonds. The maximum atomic E-state index is 12.6. The number of anilines is 2. The zero-order valence-corrected chi connectivity index (χ0v) is 16.7. The van der Waals surface area contributed by atoms with Gasteiger partial charge in [-0.3, -0.25) is 14.5 Å². The molecule has 27 heavy (non-hydrogen) atoms. The summed E-state index contributed by atoms with van der Waals surface area (Å²) in [5, 5.41) is 11.4. The number of benzene rings is 1. The van der Waals surface area contributed by atoms with E-state index in [0.29, 0.717) is 11.4 Å². The summed E-state index contributed by atoms with van der Waals surface area (Å²) in [5.74, 6) is -1.55. The van der Waals surface area contributed by atoms with Crippen LogP contribution in [0.2, 0.25) is 0 Å². The highest BCUT2D eigenvalue weighted by Crippen LogP contribution is 2.21. The third-order valence-electron chi connectivity index (χ3n) is 2.94. The van der Waals surface area contributed by atoms with Gasteiger partial charge in [-0.1, -0.05) is 0 Å². The van der Waals surface area contributed by atoms with Gasteiger partial charge in [-0.2, -0.15) is 0 Å². The van der Waals surface area contributed by atoms with Gasteiger partial charge in [0.2, 0.25) is 0 Å². The van der Waals surface area contributed by atoms with Crippen LogP contribution in [0, 0.1) is 0 Å². The number of hydrogen-bond acceptors (Lipinski definition) is 6. The van der Waals surface area contributed by atoms with Crippen molar-refractivity contribution >= 4 is 29.4 Å². The molecule has 0 radical (unpaired) electrons. The van der Waals surface area contributed by atoms with E-state index < -0.39 is 29.2 Å². The van der Waals surface area contributed by atoms with Crippen LogP contribution in [-0.2, 0) is 19.1 Å². The molecule has 0 aliphatic heterocycles. The fourth-order valence-electron chi connectivity index (χ4n) is 2.02. The van der Waals surface area contributed by atoms with Crippen molar-refractivity contribution in [3.8, 4) is 0 Å². The molecular formula is C19H28N2O6. The van der Waals surface area contributed by atoms with Gasteiger partial charge in [0.1, 0.15) is 24.3 Å². The van der Waals surface area contributed by atoms with Gasteiger partial charge < -0.3 is 19.9 Å². The molecule has 0 aliphatic rings. The normalized spacial score (nSPS) is 11.5. The Bertz CT molecular complexity index is 671. The summed E-state index contributed by atoms with van der Waals surface area (Å²) in [6.07, 6.45) is -0.681. The first-order valence-corrected chi connectivity index (χ1v) is 8.55. The van der Waals surface area contributed by atoms with Gasteiger partial charge in [-0.15, -0.1) is 0 Å². The predicted octanol–water partition coefficient (Wildman–Crippen LogP) is 3.27. The summed E-state index contributed by atoms with van der Waals surface area (Å²) < 4.78 is 10.7.